The molecule has 0 unspecified atom stereocenters. The van der Waals surface area contributed by atoms with Crippen LogP contribution in [0.25, 0.3) is 0 Å². The van der Waals surface area contributed by atoms with Crippen LogP contribution in [0.15, 0.2) is 24.8 Å². The molecular formula is C20H36O2. The number of esters is 1. The first kappa shape index (κ1) is 20.9. The van der Waals surface area contributed by atoms with E-state index in [4.69, 9.17) is 4.74 Å². The van der Waals surface area contributed by atoms with Crippen molar-refractivity contribution in [3.63, 3.8) is 0 Å². The summed E-state index contributed by atoms with van der Waals surface area (Å²) in [7, 11) is 0. The predicted octanol–water partition coefficient (Wildman–Crippen LogP) is 6.36. The average Bonchev–Trinajstić information content (AvgIpc) is 2.54. The van der Waals surface area contributed by atoms with Crippen LogP contribution in [0.3, 0.4) is 0 Å². The van der Waals surface area contributed by atoms with Gasteiger partial charge < -0.3 is 4.74 Å². The highest BCUT2D eigenvalue weighted by atomic mass is 16.5. The van der Waals surface area contributed by atoms with Gasteiger partial charge in [0.25, 0.3) is 0 Å². The molecule has 0 amide bonds. The van der Waals surface area contributed by atoms with Gasteiger partial charge in [0.15, 0.2) is 0 Å². The molecule has 0 aromatic heterocycles. The third-order valence-corrected chi connectivity index (χ3v) is 3.80. The molecule has 0 radical (unpaired) electrons. The lowest BCUT2D eigenvalue weighted by Crippen LogP contribution is -2.01. The van der Waals surface area contributed by atoms with Gasteiger partial charge in [-0.1, -0.05) is 83.4 Å². The predicted molar refractivity (Wildman–Crippen MR) is 96.0 cm³/mol. The second kappa shape index (κ2) is 18.0. The van der Waals surface area contributed by atoms with Crippen molar-refractivity contribution >= 4 is 5.97 Å². The number of hydrogen-bond donors (Lipinski definition) is 0. The number of carbonyl (C=O) groups is 1. The Morgan fingerprint density at radius 2 is 1.32 bits per heavy atom. The number of rotatable bonds is 16. The Kier molecular flexibility index (Phi) is 17.1. The van der Waals surface area contributed by atoms with E-state index in [9.17, 15) is 4.79 Å². The van der Waals surface area contributed by atoms with E-state index in [0.29, 0.717) is 6.61 Å². The molecule has 0 aliphatic rings. The van der Waals surface area contributed by atoms with Crippen LogP contribution in [0.2, 0.25) is 0 Å². The molecule has 22 heavy (non-hydrogen) atoms. The van der Waals surface area contributed by atoms with E-state index in [2.05, 4.69) is 25.7 Å². The molecule has 0 heterocycles. The molecule has 0 N–H and O–H groups in total. The molecule has 128 valence electrons. The third kappa shape index (κ3) is 17.0. The Bertz CT molecular complexity index is 281. The molecule has 0 spiro atoms. The van der Waals surface area contributed by atoms with Crippen molar-refractivity contribution in [2.75, 3.05) is 6.61 Å². The molecule has 0 aromatic carbocycles. The first-order valence-corrected chi connectivity index (χ1v) is 9.25. The first-order valence-electron chi connectivity index (χ1n) is 9.25. The zero-order chi connectivity index (χ0) is 16.3. The van der Waals surface area contributed by atoms with E-state index in [1.54, 1.807) is 0 Å². The molecular weight excluding hydrogens is 272 g/mol. The Hall–Kier alpha value is -1.05. The van der Waals surface area contributed by atoms with Crippen molar-refractivity contribution in [3.8, 4) is 0 Å². The minimum atomic E-state index is -0.305. The fourth-order valence-corrected chi connectivity index (χ4v) is 2.41. The normalized spacial score (nSPS) is 11.0. The van der Waals surface area contributed by atoms with Crippen molar-refractivity contribution in [2.24, 2.45) is 0 Å². The van der Waals surface area contributed by atoms with Gasteiger partial charge in [-0.15, -0.1) is 0 Å². The summed E-state index contributed by atoms with van der Waals surface area (Å²) in [5, 5.41) is 0. The van der Waals surface area contributed by atoms with Crippen LogP contribution in [0.5, 0.6) is 0 Å². The quantitative estimate of drug-likeness (QED) is 0.143. The van der Waals surface area contributed by atoms with Gasteiger partial charge in [-0.25, -0.2) is 4.79 Å². The molecule has 2 nitrogen and oxygen atoms in total. The van der Waals surface area contributed by atoms with E-state index < -0.39 is 0 Å². The van der Waals surface area contributed by atoms with Crippen LogP contribution in [0.1, 0.15) is 90.4 Å². The molecule has 0 saturated heterocycles. The highest BCUT2D eigenvalue weighted by molar-refractivity contribution is 5.81. The summed E-state index contributed by atoms with van der Waals surface area (Å²) < 4.78 is 4.94. The lowest BCUT2D eigenvalue weighted by molar-refractivity contribution is -0.137. The standard InChI is InChI=1S/C20H36O2/c1-3-5-6-7-8-9-10-11-12-13-14-15-16-17-18-19-22-20(21)4-2/h4,6-7H,2-3,5,8-19H2,1H3/b7-6+. The van der Waals surface area contributed by atoms with E-state index in [1.807, 2.05) is 0 Å². The molecule has 0 aromatic rings. The number of allylic oxidation sites excluding steroid dienone is 2. The fraction of sp³-hybridized carbons (Fsp3) is 0.750. The molecule has 2 heteroatoms. The number of unbranched alkanes of at least 4 members (excludes halogenated alkanes) is 11. The topological polar surface area (TPSA) is 26.3 Å². The summed E-state index contributed by atoms with van der Waals surface area (Å²) in [5.74, 6) is -0.305. The molecule has 0 fully saturated rings. The summed E-state index contributed by atoms with van der Waals surface area (Å²) in [6, 6.07) is 0. The summed E-state index contributed by atoms with van der Waals surface area (Å²) in [4.78, 5) is 10.8. The molecule has 0 aliphatic carbocycles. The van der Waals surface area contributed by atoms with E-state index in [0.717, 1.165) is 12.8 Å². The summed E-state index contributed by atoms with van der Waals surface area (Å²) in [6.45, 7) is 6.14. The largest absolute Gasteiger partial charge is 0.463 e. The molecule has 0 atom stereocenters. The monoisotopic (exact) mass is 308 g/mol. The summed E-state index contributed by atoms with van der Waals surface area (Å²) >= 11 is 0. The van der Waals surface area contributed by atoms with Crippen LogP contribution >= 0.6 is 0 Å². The van der Waals surface area contributed by atoms with Gasteiger partial charge in [0.2, 0.25) is 0 Å². The van der Waals surface area contributed by atoms with Crippen molar-refractivity contribution in [1.82, 2.24) is 0 Å². The van der Waals surface area contributed by atoms with Crippen LogP contribution in [0, 0.1) is 0 Å². The summed E-state index contributed by atoms with van der Waals surface area (Å²) in [5.41, 5.74) is 0. The molecule has 0 bridgehead atoms. The van der Waals surface area contributed by atoms with Gasteiger partial charge in [0.05, 0.1) is 6.61 Å². The Morgan fingerprint density at radius 1 is 0.818 bits per heavy atom. The highest BCUT2D eigenvalue weighted by Gasteiger charge is 1.96. The number of hydrogen-bond acceptors (Lipinski definition) is 2. The zero-order valence-electron chi connectivity index (χ0n) is 14.7. The van der Waals surface area contributed by atoms with Crippen LogP contribution in [0.4, 0.5) is 0 Å². The smallest absolute Gasteiger partial charge is 0.330 e. The zero-order valence-corrected chi connectivity index (χ0v) is 14.7. The van der Waals surface area contributed by atoms with E-state index in [1.165, 1.54) is 76.7 Å². The number of ether oxygens (including phenoxy) is 1. The average molecular weight is 309 g/mol. The lowest BCUT2D eigenvalue weighted by atomic mass is 10.1. The van der Waals surface area contributed by atoms with Crippen molar-refractivity contribution < 1.29 is 9.53 Å². The summed E-state index contributed by atoms with van der Waals surface area (Å²) in [6.07, 6.45) is 22.6. The Balaban J connectivity index is 3.05. The second-order valence-corrected chi connectivity index (χ2v) is 5.96. The van der Waals surface area contributed by atoms with Gasteiger partial charge in [-0.05, 0) is 25.7 Å². The van der Waals surface area contributed by atoms with E-state index >= 15 is 0 Å². The fourth-order valence-electron chi connectivity index (χ4n) is 2.41. The highest BCUT2D eigenvalue weighted by Crippen LogP contribution is 2.11. The third-order valence-electron chi connectivity index (χ3n) is 3.80. The maximum atomic E-state index is 10.8. The van der Waals surface area contributed by atoms with Gasteiger partial charge in [0.1, 0.15) is 0 Å². The van der Waals surface area contributed by atoms with Gasteiger partial charge in [0, 0.05) is 6.08 Å². The Morgan fingerprint density at radius 3 is 1.86 bits per heavy atom. The van der Waals surface area contributed by atoms with Crippen LogP contribution < -0.4 is 0 Å². The molecule has 0 rings (SSSR count). The maximum absolute atomic E-state index is 10.8. The Labute approximate surface area is 138 Å². The second-order valence-electron chi connectivity index (χ2n) is 5.96. The van der Waals surface area contributed by atoms with Crippen LogP contribution in [-0.2, 0) is 9.53 Å². The van der Waals surface area contributed by atoms with Crippen molar-refractivity contribution in [2.45, 2.75) is 90.4 Å². The van der Waals surface area contributed by atoms with Crippen molar-refractivity contribution in [3.05, 3.63) is 24.8 Å². The van der Waals surface area contributed by atoms with Crippen molar-refractivity contribution in [1.29, 1.82) is 0 Å². The van der Waals surface area contributed by atoms with Gasteiger partial charge in [-0.2, -0.15) is 0 Å². The minimum Gasteiger partial charge on any atom is -0.463 e. The first-order chi connectivity index (χ1) is 10.8. The molecule has 0 saturated carbocycles. The lowest BCUT2D eigenvalue weighted by Gasteiger charge is -2.03. The van der Waals surface area contributed by atoms with Crippen LogP contribution in [-0.4, -0.2) is 12.6 Å². The SMILES string of the molecule is C=CC(=O)OCCCCCCCCCCCC/C=C/CCC. The minimum absolute atomic E-state index is 0.305. The van der Waals surface area contributed by atoms with Gasteiger partial charge >= 0.3 is 5.97 Å². The van der Waals surface area contributed by atoms with Gasteiger partial charge in [-0.3, -0.25) is 0 Å². The number of carbonyl (C=O) groups excluding carboxylic acids is 1. The maximum Gasteiger partial charge on any atom is 0.330 e. The molecule has 0 aliphatic heterocycles. The van der Waals surface area contributed by atoms with E-state index in [-0.39, 0.29) is 5.97 Å².